The van der Waals surface area contributed by atoms with Crippen molar-refractivity contribution in [1.82, 2.24) is 14.7 Å². The van der Waals surface area contributed by atoms with E-state index in [0.717, 1.165) is 24.5 Å². The average Bonchev–Trinajstić information content (AvgIpc) is 2.82. The number of hydrogen-bond acceptors (Lipinski definition) is 3. The van der Waals surface area contributed by atoms with Gasteiger partial charge in [0.15, 0.2) is 0 Å². The third-order valence-electron chi connectivity index (χ3n) is 3.22. The monoisotopic (exact) mass is 271 g/mol. The molecule has 2 aromatic rings. The molecule has 0 saturated heterocycles. The Hall–Kier alpha value is -1.91. The number of aliphatic hydroxyl groups excluding tert-OH is 1. The lowest BCUT2D eigenvalue weighted by molar-refractivity contribution is 0.203. The minimum absolute atomic E-state index is 0.152. The average molecular weight is 271 g/mol. The first-order chi connectivity index (χ1) is 9.74. The highest BCUT2D eigenvalue weighted by atomic mass is 16.3. The van der Waals surface area contributed by atoms with Crippen LogP contribution in [0.3, 0.4) is 0 Å². The van der Waals surface area contributed by atoms with Crippen molar-refractivity contribution in [3.63, 3.8) is 0 Å². The van der Waals surface area contributed by atoms with Crippen LogP contribution in [-0.2, 0) is 6.54 Å². The summed E-state index contributed by atoms with van der Waals surface area (Å²) in [6, 6.07) is 10.1. The molecule has 0 bridgehead atoms. The van der Waals surface area contributed by atoms with Crippen molar-refractivity contribution >= 4 is 0 Å². The van der Waals surface area contributed by atoms with E-state index in [1.165, 1.54) is 5.56 Å². The summed E-state index contributed by atoms with van der Waals surface area (Å²) in [6.07, 6.45) is 3.91. The zero-order valence-corrected chi connectivity index (χ0v) is 11.9. The molecular formula is C16H21N3O. The van der Waals surface area contributed by atoms with E-state index in [9.17, 15) is 0 Å². The fourth-order valence-electron chi connectivity index (χ4n) is 2.16. The Morgan fingerprint density at radius 3 is 2.75 bits per heavy atom. The topological polar surface area (TPSA) is 41.3 Å². The summed E-state index contributed by atoms with van der Waals surface area (Å²) < 4.78 is 1.90. The Balaban J connectivity index is 2.17. The smallest absolute Gasteiger partial charge is 0.0645 e. The molecule has 0 amide bonds. The van der Waals surface area contributed by atoms with Crippen molar-refractivity contribution in [2.75, 3.05) is 19.7 Å². The number of hydrogen-bond donors (Lipinski definition) is 1. The second-order valence-corrected chi connectivity index (χ2v) is 4.77. The van der Waals surface area contributed by atoms with E-state index in [0.29, 0.717) is 6.54 Å². The van der Waals surface area contributed by atoms with E-state index in [1.54, 1.807) is 0 Å². The molecule has 0 aliphatic carbocycles. The maximum absolute atomic E-state index is 9.10. The summed E-state index contributed by atoms with van der Waals surface area (Å²) in [4.78, 5) is 2.15. The molecule has 1 heterocycles. The first-order valence-electron chi connectivity index (χ1n) is 6.79. The number of para-hydroxylation sites is 1. The summed E-state index contributed by atoms with van der Waals surface area (Å²) in [5, 5.41) is 13.7. The van der Waals surface area contributed by atoms with Crippen LogP contribution in [0.2, 0.25) is 0 Å². The van der Waals surface area contributed by atoms with Gasteiger partial charge in [0.05, 0.1) is 18.0 Å². The second-order valence-electron chi connectivity index (χ2n) is 4.77. The number of aromatic nitrogens is 2. The molecule has 0 aliphatic heterocycles. The van der Waals surface area contributed by atoms with Gasteiger partial charge in [-0.1, -0.05) is 24.3 Å². The predicted octanol–water partition coefficient (Wildman–Crippen LogP) is 2.16. The first kappa shape index (κ1) is 14.5. The molecule has 4 heteroatoms. The third-order valence-corrected chi connectivity index (χ3v) is 3.22. The van der Waals surface area contributed by atoms with Gasteiger partial charge < -0.3 is 5.11 Å². The molecule has 0 saturated carbocycles. The van der Waals surface area contributed by atoms with Crippen molar-refractivity contribution < 1.29 is 5.11 Å². The highest BCUT2D eigenvalue weighted by Crippen LogP contribution is 2.13. The normalized spacial score (nSPS) is 10.9. The lowest BCUT2D eigenvalue weighted by Crippen LogP contribution is -2.26. The van der Waals surface area contributed by atoms with Crippen LogP contribution in [0.25, 0.3) is 5.69 Å². The Kier molecular flexibility index (Phi) is 5.09. The molecule has 1 aromatic carbocycles. The van der Waals surface area contributed by atoms with Crippen molar-refractivity contribution in [2.24, 2.45) is 0 Å². The fraction of sp³-hybridized carbons (Fsp3) is 0.312. The van der Waals surface area contributed by atoms with E-state index in [-0.39, 0.29) is 6.61 Å². The van der Waals surface area contributed by atoms with Crippen LogP contribution in [0.5, 0.6) is 0 Å². The lowest BCUT2D eigenvalue weighted by Gasteiger charge is -2.18. The van der Waals surface area contributed by atoms with Crippen LogP contribution < -0.4 is 0 Å². The Morgan fingerprint density at radius 2 is 2.10 bits per heavy atom. The van der Waals surface area contributed by atoms with Gasteiger partial charge in [-0.25, -0.2) is 4.68 Å². The van der Waals surface area contributed by atoms with Gasteiger partial charge in [0, 0.05) is 31.4 Å². The highest BCUT2D eigenvalue weighted by Gasteiger charge is 2.10. The van der Waals surface area contributed by atoms with Gasteiger partial charge >= 0.3 is 0 Å². The number of rotatable bonds is 7. The van der Waals surface area contributed by atoms with Gasteiger partial charge in [-0.2, -0.15) is 5.10 Å². The summed E-state index contributed by atoms with van der Waals surface area (Å²) in [5.74, 6) is 0. The standard InChI is InChI=1S/C16H21N3O/c1-3-9-18(10-11-20)12-15-13-19(17-14(15)2)16-7-5-4-6-8-16/h3-8,13,20H,1,9-12H2,2H3. The van der Waals surface area contributed by atoms with Crippen LogP contribution in [0, 0.1) is 6.92 Å². The van der Waals surface area contributed by atoms with Crippen LogP contribution in [0.1, 0.15) is 11.3 Å². The number of aryl methyl sites for hydroxylation is 1. The van der Waals surface area contributed by atoms with Gasteiger partial charge in [-0.15, -0.1) is 6.58 Å². The van der Waals surface area contributed by atoms with Crippen LogP contribution in [0.15, 0.2) is 49.2 Å². The Labute approximate surface area is 120 Å². The summed E-state index contributed by atoms with van der Waals surface area (Å²) in [6.45, 7) is 8.09. The molecule has 0 atom stereocenters. The van der Waals surface area contributed by atoms with E-state index < -0.39 is 0 Å². The number of aliphatic hydroxyl groups is 1. The molecular weight excluding hydrogens is 250 g/mol. The SMILES string of the molecule is C=CCN(CCO)Cc1cn(-c2ccccc2)nc1C. The van der Waals surface area contributed by atoms with Crippen molar-refractivity contribution in [3.8, 4) is 5.69 Å². The molecule has 106 valence electrons. The van der Waals surface area contributed by atoms with Gasteiger partial charge in [0.1, 0.15) is 0 Å². The van der Waals surface area contributed by atoms with Crippen LogP contribution in [0.4, 0.5) is 0 Å². The summed E-state index contributed by atoms with van der Waals surface area (Å²) >= 11 is 0. The molecule has 1 N–H and O–H groups in total. The molecule has 1 aromatic heterocycles. The summed E-state index contributed by atoms with van der Waals surface area (Å²) in [7, 11) is 0. The molecule has 0 unspecified atom stereocenters. The zero-order valence-electron chi connectivity index (χ0n) is 11.9. The Bertz CT molecular complexity index is 548. The molecule has 2 rings (SSSR count). The quantitative estimate of drug-likeness (QED) is 0.785. The summed E-state index contributed by atoms with van der Waals surface area (Å²) in [5.41, 5.74) is 3.24. The molecule has 0 radical (unpaired) electrons. The second kappa shape index (κ2) is 7.03. The van der Waals surface area contributed by atoms with Gasteiger partial charge in [-0.05, 0) is 19.1 Å². The van der Waals surface area contributed by atoms with Crippen molar-refractivity contribution in [1.29, 1.82) is 0 Å². The van der Waals surface area contributed by atoms with Gasteiger partial charge in [0.2, 0.25) is 0 Å². The number of nitrogens with zero attached hydrogens (tertiary/aromatic N) is 3. The van der Waals surface area contributed by atoms with Crippen molar-refractivity contribution in [3.05, 3.63) is 60.4 Å². The first-order valence-corrected chi connectivity index (χ1v) is 6.79. The minimum Gasteiger partial charge on any atom is -0.395 e. The number of benzene rings is 1. The van der Waals surface area contributed by atoms with Crippen molar-refractivity contribution in [2.45, 2.75) is 13.5 Å². The largest absolute Gasteiger partial charge is 0.395 e. The Morgan fingerprint density at radius 1 is 1.35 bits per heavy atom. The maximum atomic E-state index is 9.10. The molecule has 0 fully saturated rings. The highest BCUT2D eigenvalue weighted by molar-refractivity contribution is 5.32. The minimum atomic E-state index is 0.152. The third kappa shape index (κ3) is 3.56. The van der Waals surface area contributed by atoms with Gasteiger partial charge in [-0.3, -0.25) is 4.90 Å². The zero-order chi connectivity index (χ0) is 14.4. The predicted molar refractivity (Wildman–Crippen MR) is 80.9 cm³/mol. The lowest BCUT2D eigenvalue weighted by atomic mass is 10.2. The van der Waals surface area contributed by atoms with E-state index in [2.05, 4.69) is 22.8 Å². The molecule has 0 spiro atoms. The van der Waals surface area contributed by atoms with Crippen LogP contribution >= 0.6 is 0 Å². The van der Waals surface area contributed by atoms with E-state index in [1.807, 2.05) is 48.0 Å². The molecule has 20 heavy (non-hydrogen) atoms. The van der Waals surface area contributed by atoms with E-state index in [4.69, 9.17) is 5.11 Å². The van der Waals surface area contributed by atoms with E-state index >= 15 is 0 Å². The van der Waals surface area contributed by atoms with Gasteiger partial charge in [0.25, 0.3) is 0 Å². The molecule has 4 nitrogen and oxygen atoms in total. The van der Waals surface area contributed by atoms with Crippen LogP contribution in [-0.4, -0.2) is 39.5 Å². The maximum Gasteiger partial charge on any atom is 0.0645 e. The fourth-order valence-corrected chi connectivity index (χ4v) is 2.16. The molecule has 0 aliphatic rings.